The van der Waals surface area contributed by atoms with Crippen molar-refractivity contribution < 1.29 is 14.2 Å². The minimum absolute atomic E-state index is 0.254. The van der Waals surface area contributed by atoms with E-state index < -0.39 is 0 Å². The van der Waals surface area contributed by atoms with Gasteiger partial charge >= 0.3 is 0 Å². The Balaban J connectivity index is 1.65. The van der Waals surface area contributed by atoms with E-state index in [4.69, 9.17) is 9.84 Å². The Morgan fingerprint density at radius 3 is 2.08 bits per heavy atom. The zero-order valence-corrected chi connectivity index (χ0v) is 16.0. The van der Waals surface area contributed by atoms with Gasteiger partial charge in [0.1, 0.15) is 17.1 Å². The standard InChI is InChI=1S/C22H32FNO2/c1-26-21-16-15-20(23)19-14-13-18(24-22(19)21)12-10-8-6-4-2-3-5-7-9-11-17-25/h13-16,25H,2-12,17H2,1H3. The van der Waals surface area contributed by atoms with Crippen LogP contribution in [0.15, 0.2) is 24.3 Å². The van der Waals surface area contributed by atoms with Crippen molar-refractivity contribution in [1.29, 1.82) is 0 Å². The molecule has 0 fully saturated rings. The van der Waals surface area contributed by atoms with Crippen molar-refractivity contribution >= 4 is 10.9 Å². The molecule has 0 spiro atoms. The number of hydrogen-bond donors (Lipinski definition) is 1. The Bertz CT molecular complexity index is 660. The van der Waals surface area contributed by atoms with Gasteiger partial charge in [0.15, 0.2) is 0 Å². The maximum atomic E-state index is 13.9. The Kier molecular flexibility index (Phi) is 9.40. The summed E-state index contributed by atoms with van der Waals surface area (Å²) in [5.74, 6) is 0.374. The molecular weight excluding hydrogens is 329 g/mol. The molecule has 0 unspecified atom stereocenters. The van der Waals surface area contributed by atoms with E-state index in [0.29, 0.717) is 23.3 Å². The van der Waals surface area contributed by atoms with Crippen molar-refractivity contribution in [2.75, 3.05) is 13.7 Å². The normalized spacial score (nSPS) is 11.2. The van der Waals surface area contributed by atoms with Crippen LogP contribution in [-0.2, 0) is 6.42 Å². The van der Waals surface area contributed by atoms with Gasteiger partial charge in [-0.05, 0) is 43.5 Å². The first kappa shape index (κ1) is 20.6. The molecule has 3 nitrogen and oxygen atoms in total. The van der Waals surface area contributed by atoms with Gasteiger partial charge in [-0.2, -0.15) is 0 Å². The van der Waals surface area contributed by atoms with Crippen molar-refractivity contribution in [3.05, 3.63) is 35.8 Å². The number of ether oxygens (including phenoxy) is 1. The molecule has 1 heterocycles. The van der Waals surface area contributed by atoms with Gasteiger partial charge in [-0.3, -0.25) is 0 Å². The molecule has 144 valence electrons. The first-order valence-corrected chi connectivity index (χ1v) is 9.99. The minimum Gasteiger partial charge on any atom is -0.494 e. The number of aliphatic hydroxyl groups is 1. The number of methoxy groups -OCH3 is 1. The van der Waals surface area contributed by atoms with E-state index in [0.717, 1.165) is 31.4 Å². The number of fused-ring (bicyclic) bond motifs is 1. The third-order valence-electron chi connectivity index (χ3n) is 4.89. The van der Waals surface area contributed by atoms with Crippen LogP contribution < -0.4 is 4.74 Å². The van der Waals surface area contributed by atoms with Crippen molar-refractivity contribution in [2.45, 2.75) is 70.6 Å². The highest BCUT2D eigenvalue weighted by Crippen LogP contribution is 2.26. The van der Waals surface area contributed by atoms with Crippen molar-refractivity contribution in [3.63, 3.8) is 0 Å². The van der Waals surface area contributed by atoms with Crippen LogP contribution in [0.4, 0.5) is 4.39 Å². The number of pyridine rings is 1. The third-order valence-corrected chi connectivity index (χ3v) is 4.89. The number of nitrogens with zero attached hydrogens (tertiary/aromatic N) is 1. The first-order valence-electron chi connectivity index (χ1n) is 9.99. The lowest BCUT2D eigenvalue weighted by atomic mass is 10.0. The number of unbranched alkanes of at least 4 members (excludes halogenated alkanes) is 9. The summed E-state index contributed by atoms with van der Waals surface area (Å²) in [5.41, 5.74) is 1.62. The van der Waals surface area contributed by atoms with Gasteiger partial charge in [0.25, 0.3) is 0 Å². The van der Waals surface area contributed by atoms with E-state index in [9.17, 15) is 4.39 Å². The zero-order chi connectivity index (χ0) is 18.6. The van der Waals surface area contributed by atoms with Gasteiger partial charge in [0.2, 0.25) is 0 Å². The van der Waals surface area contributed by atoms with Crippen LogP contribution >= 0.6 is 0 Å². The second-order valence-electron chi connectivity index (χ2n) is 6.96. The zero-order valence-electron chi connectivity index (χ0n) is 16.0. The molecule has 2 rings (SSSR count). The molecule has 26 heavy (non-hydrogen) atoms. The van der Waals surface area contributed by atoms with Gasteiger partial charge in [-0.25, -0.2) is 9.37 Å². The number of hydrogen-bond acceptors (Lipinski definition) is 3. The van der Waals surface area contributed by atoms with Crippen LogP contribution in [0.2, 0.25) is 0 Å². The fraction of sp³-hybridized carbons (Fsp3) is 0.591. The van der Waals surface area contributed by atoms with Crippen LogP contribution in [-0.4, -0.2) is 23.8 Å². The molecule has 1 N–H and O–H groups in total. The Hall–Kier alpha value is -1.68. The molecule has 0 radical (unpaired) electrons. The molecule has 0 aliphatic rings. The lowest BCUT2D eigenvalue weighted by Gasteiger charge is -2.08. The van der Waals surface area contributed by atoms with Crippen LogP contribution in [0.25, 0.3) is 10.9 Å². The van der Waals surface area contributed by atoms with E-state index >= 15 is 0 Å². The quantitative estimate of drug-likeness (QED) is 0.457. The maximum Gasteiger partial charge on any atom is 0.145 e. The number of halogens is 1. The topological polar surface area (TPSA) is 42.4 Å². The van der Waals surface area contributed by atoms with E-state index in [2.05, 4.69) is 4.98 Å². The molecule has 0 aliphatic carbocycles. The SMILES string of the molecule is COc1ccc(F)c2ccc(CCCCCCCCCCCCO)nc12. The molecule has 2 aromatic rings. The summed E-state index contributed by atoms with van der Waals surface area (Å²) in [6.07, 6.45) is 13.1. The number of benzene rings is 1. The van der Waals surface area contributed by atoms with Gasteiger partial charge in [-0.15, -0.1) is 0 Å². The van der Waals surface area contributed by atoms with Gasteiger partial charge in [-0.1, -0.05) is 51.4 Å². The average Bonchev–Trinajstić information content (AvgIpc) is 2.66. The lowest BCUT2D eigenvalue weighted by molar-refractivity contribution is 0.282. The van der Waals surface area contributed by atoms with Crippen LogP contribution in [0.5, 0.6) is 5.75 Å². The Labute approximate surface area is 156 Å². The number of aliphatic hydroxyl groups excluding tert-OH is 1. The average molecular weight is 362 g/mol. The molecule has 0 bridgehead atoms. The van der Waals surface area contributed by atoms with Crippen molar-refractivity contribution in [3.8, 4) is 5.75 Å². The molecule has 0 atom stereocenters. The van der Waals surface area contributed by atoms with Crippen molar-refractivity contribution in [2.24, 2.45) is 0 Å². The van der Waals surface area contributed by atoms with Gasteiger partial charge in [0, 0.05) is 17.7 Å². The molecule has 0 saturated heterocycles. The van der Waals surface area contributed by atoms with E-state index in [1.54, 1.807) is 13.2 Å². The molecule has 1 aromatic carbocycles. The summed E-state index contributed by atoms with van der Waals surface area (Å²) >= 11 is 0. The number of aryl methyl sites for hydroxylation is 1. The Morgan fingerprint density at radius 2 is 1.46 bits per heavy atom. The van der Waals surface area contributed by atoms with Crippen LogP contribution in [0.3, 0.4) is 0 Å². The first-order chi connectivity index (χ1) is 12.8. The molecular formula is C22H32FNO2. The van der Waals surface area contributed by atoms with Gasteiger partial charge in [0.05, 0.1) is 7.11 Å². The fourth-order valence-corrected chi connectivity index (χ4v) is 3.33. The summed E-state index contributed by atoms with van der Waals surface area (Å²) in [5, 5.41) is 9.26. The lowest BCUT2D eigenvalue weighted by Crippen LogP contribution is -1.95. The molecule has 1 aromatic heterocycles. The summed E-state index contributed by atoms with van der Waals surface area (Å²) in [7, 11) is 1.59. The summed E-state index contributed by atoms with van der Waals surface area (Å²) in [6, 6.07) is 6.80. The summed E-state index contributed by atoms with van der Waals surface area (Å²) in [6.45, 7) is 0.327. The predicted octanol–water partition coefficient (Wildman–Crippen LogP) is 5.82. The largest absolute Gasteiger partial charge is 0.494 e. The Morgan fingerprint density at radius 1 is 0.846 bits per heavy atom. The predicted molar refractivity (Wildman–Crippen MR) is 105 cm³/mol. The maximum absolute atomic E-state index is 13.9. The number of rotatable bonds is 13. The molecule has 0 amide bonds. The van der Waals surface area contributed by atoms with E-state index in [1.807, 2.05) is 12.1 Å². The van der Waals surface area contributed by atoms with Crippen LogP contribution in [0.1, 0.15) is 69.9 Å². The van der Waals surface area contributed by atoms with Crippen molar-refractivity contribution in [1.82, 2.24) is 4.98 Å². The third kappa shape index (κ3) is 6.56. The molecule has 0 saturated carbocycles. The second-order valence-corrected chi connectivity index (χ2v) is 6.96. The summed E-state index contributed by atoms with van der Waals surface area (Å²) < 4.78 is 19.2. The fourth-order valence-electron chi connectivity index (χ4n) is 3.33. The van der Waals surface area contributed by atoms with Gasteiger partial charge < -0.3 is 9.84 Å². The smallest absolute Gasteiger partial charge is 0.145 e. The van der Waals surface area contributed by atoms with E-state index in [-0.39, 0.29) is 5.82 Å². The molecule has 4 heteroatoms. The monoisotopic (exact) mass is 361 g/mol. The summed E-state index contributed by atoms with van der Waals surface area (Å²) in [4.78, 5) is 4.61. The highest BCUT2D eigenvalue weighted by Gasteiger charge is 2.08. The number of aromatic nitrogens is 1. The highest BCUT2D eigenvalue weighted by molar-refractivity contribution is 5.85. The highest BCUT2D eigenvalue weighted by atomic mass is 19.1. The minimum atomic E-state index is -0.254. The van der Waals surface area contributed by atoms with Crippen LogP contribution in [0, 0.1) is 5.82 Å². The molecule has 0 aliphatic heterocycles. The second kappa shape index (κ2) is 11.8. The van der Waals surface area contributed by atoms with E-state index in [1.165, 1.54) is 51.0 Å².